The van der Waals surface area contributed by atoms with Crippen LogP contribution >= 0.6 is 0 Å². The first-order valence-corrected chi connectivity index (χ1v) is 6.51. The zero-order valence-corrected chi connectivity index (χ0v) is 10.5. The topological polar surface area (TPSA) is 46.3 Å². The number of hydrogen-bond donors (Lipinski definition) is 1. The van der Waals surface area contributed by atoms with E-state index in [2.05, 4.69) is 13.8 Å². The van der Waals surface area contributed by atoms with Crippen molar-refractivity contribution in [3.05, 3.63) is 0 Å². The molecule has 2 N–H and O–H groups in total. The van der Waals surface area contributed by atoms with Gasteiger partial charge in [0.05, 0.1) is 0 Å². The number of piperidine rings is 1. The number of nitrogens with zero attached hydrogens (tertiary/aromatic N) is 1. The molecule has 0 aromatic heterocycles. The summed E-state index contributed by atoms with van der Waals surface area (Å²) in [5, 5.41) is 0. The number of nitrogens with two attached hydrogens (primary N) is 1. The Morgan fingerprint density at radius 1 is 1.50 bits per heavy atom. The largest absolute Gasteiger partial charge is 0.342 e. The highest BCUT2D eigenvalue weighted by Gasteiger charge is 2.33. The van der Waals surface area contributed by atoms with Gasteiger partial charge >= 0.3 is 0 Å². The molecule has 1 atom stereocenters. The lowest BCUT2D eigenvalue weighted by Crippen LogP contribution is -2.45. The number of carbonyl (C=O) groups is 1. The summed E-state index contributed by atoms with van der Waals surface area (Å²) in [6.07, 6.45) is 5.36. The molecule has 0 aromatic carbocycles. The number of hydrogen-bond acceptors (Lipinski definition) is 2. The fourth-order valence-electron chi connectivity index (χ4n) is 2.66. The van der Waals surface area contributed by atoms with Gasteiger partial charge in [0.25, 0.3) is 0 Å². The summed E-state index contributed by atoms with van der Waals surface area (Å²) in [6.45, 7) is 6.32. The number of likely N-dealkylation sites (tertiary alicyclic amines) is 1. The number of carbonyl (C=O) groups excluding carboxylic acids is 1. The zero-order valence-electron chi connectivity index (χ0n) is 10.5. The Labute approximate surface area is 98.4 Å². The van der Waals surface area contributed by atoms with Crippen LogP contribution in [0.5, 0.6) is 0 Å². The molecule has 1 saturated heterocycles. The quantitative estimate of drug-likeness (QED) is 0.794. The van der Waals surface area contributed by atoms with Crippen molar-refractivity contribution in [1.82, 2.24) is 4.90 Å². The molecule has 1 amide bonds. The summed E-state index contributed by atoms with van der Waals surface area (Å²) in [5.74, 6) is 0.897. The SMILES string of the molecule is CC1(C)CCCN(C(=O)CC(N)C2CC2)C1. The fourth-order valence-corrected chi connectivity index (χ4v) is 2.66. The van der Waals surface area contributed by atoms with Gasteiger partial charge in [0.15, 0.2) is 0 Å². The van der Waals surface area contributed by atoms with Crippen molar-refractivity contribution in [2.45, 2.75) is 52.0 Å². The van der Waals surface area contributed by atoms with Crippen LogP contribution in [0.25, 0.3) is 0 Å². The van der Waals surface area contributed by atoms with Crippen molar-refractivity contribution in [3.8, 4) is 0 Å². The van der Waals surface area contributed by atoms with Crippen molar-refractivity contribution in [1.29, 1.82) is 0 Å². The van der Waals surface area contributed by atoms with Crippen molar-refractivity contribution in [2.75, 3.05) is 13.1 Å². The van der Waals surface area contributed by atoms with E-state index in [0.717, 1.165) is 19.5 Å². The lowest BCUT2D eigenvalue weighted by molar-refractivity contribution is -0.134. The van der Waals surface area contributed by atoms with Gasteiger partial charge in [0.1, 0.15) is 0 Å². The van der Waals surface area contributed by atoms with Gasteiger partial charge in [0.2, 0.25) is 5.91 Å². The Morgan fingerprint density at radius 3 is 2.75 bits per heavy atom. The molecule has 0 bridgehead atoms. The maximum Gasteiger partial charge on any atom is 0.224 e. The molecule has 0 aromatic rings. The Kier molecular flexibility index (Phi) is 3.24. The summed E-state index contributed by atoms with van der Waals surface area (Å²) in [7, 11) is 0. The molecule has 1 aliphatic carbocycles. The van der Waals surface area contributed by atoms with Crippen LogP contribution < -0.4 is 5.73 Å². The molecule has 3 heteroatoms. The third kappa shape index (κ3) is 2.97. The fraction of sp³-hybridized carbons (Fsp3) is 0.923. The van der Waals surface area contributed by atoms with Gasteiger partial charge in [-0.1, -0.05) is 13.8 Å². The van der Waals surface area contributed by atoms with Gasteiger partial charge in [-0.25, -0.2) is 0 Å². The summed E-state index contributed by atoms with van der Waals surface area (Å²) in [4.78, 5) is 14.1. The smallest absolute Gasteiger partial charge is 0.224 e. The molecular formula is C13H24N2O. The molecule has 92 valence electrons. The third-order valence-electron chi connectivity index (χ3n) is 3.89. The molecule has 1 saturated carbocycles. The first-order chi connectivity index (χ1) is 7.48. The van der Waals surface area contributed by atoms with Crippen LogP contribution in [0.15, 0.2) is 0 Å². The molecule has 16 heavy (non-hydrogen) atoms. The third-order valence-corrected chi connectivity index (χ3v) is 3.89. The number of amides is 1. The second-order valence-corrected chi connectivity index (χ2v) is 6.29. The molecule has 1 unspecified atom stereocenters. The molecule has 2 aliphatic rings. The van der Waals surface area contributed by atoms with Crippen molar-refractivity contribution >= 4 is 5.91 Å². The van der Waals surface area contributed by atoms with E-state index in [0.29, 0.717) is 12.3 Å². The summed E-state index contributed by atoms with van der Waals surface area (Å²) in [5.41, 5.74) is 6.30. The Balaban J connectivity index is 1.83. The van der Waals surface area contributed by atoms with Crippen LogP contribution in [0.1, 0.15) is 46.0 Å². The minimum absolute atomic E-state index is 0.109. The van der Waals surface area contributed by atoms with Crippen LogP contribution in [0, 0.1) is 11.3 Å². The van der Waals surface area contributed by atoms with E-state index in [1.807, 2.05) is 4.90 Å². The van der Waals surface area contributed by atoms with Crippen LogP contribution in [0.2, 0.25) is 0 Å². The predicted molar refractivity (Wildman–Crippen MR) is 64.9 cm³/mol. The van der Waals surface area contributed by atoms with Gasteiger partial charge < -0.3 is 10.6 Å². The second-order valence-electron chi connectivity index (χ2n) is 6.29. The lowest BCUT2D eigenvalue weighted by Gasteiger charge is -2.38. The summed E-state index contributed by atoms with van der Waals surface area (Å²) >= 11 is 0. The maximum atomic E-state index is 12.1. The monoisotopic (exact) mass is 224 g/mol. The normalized spacial score (nSPS) is 26.6. The summed E-state index contributed by atoms with van der Waals surface area (Å²) < 4.78 is 0. The second kappa shape index (κ2) is 4.36. The first-order valence-electron chi connectivity index (χ1n) is 6.51. The molecule has 1 aliphatic heterocycles. The van der Waals surface area contributed by atoms with Gasteiger partial charge in [-0.2, -0.15) is 0 Å². The predicted octanol–water partition coefficient (Wildman–Crippen LogP) is 1.76. The lowest BCUT2D eigenvalue weighted by atomic mass is 9.84. The standard InChI is InChI=1S/C13H24N2O/c1-13(2)6-3-7-15(9-13)12(16)8-11(14)10-4-5-10/h10-11H,3-9,14H2,1-2H3. The number of rotatable bonds is 3. The van der Waals surface area contributed by atoms with E-state index in [4.69, 9.17) is 5.73 Å². The van der Waals surface area contributed by atoms with Crippen molar-refractivity contribution in [3.63, 3.8) is 0 Å². The van der Waals surface area contributed by atoms with Crippen molar-refractivity contribution in [2.24, 2.45) is 17.1 Å². The highest BCUT2D eigenvalue weighted by atomic mass is 16.2. The minimum Gasteiger partial charge on any atom is -0.342 e. The molecule has 1 heterocycles. The van der Waals surface area contributed by atoms with Gasteiger partial charge in [-0.15, -0.1) is 0 Å². The van der Waals surface area contributed by atoms with Gasteiger partial charge in [0, 0.05) is 25.6 Å². The van der Waals surface area contributed by atoms with E-state index in [1.165, 1.54) is 19.3 Å². The molecular weight excluding hydrogens is 200 g/mol. The average Bonchev–Trinajstić information content (AvgIpc) is 2.98. The van der Waals surface area contributed by atoms with Crippen LogP contribution in [-0.4, -0.2) is 29.9 Å². The van der Waals surface area contributed by atoms with Crippen molar-refractivity contribution < 1.29 is 4.79 Å². The van der Waals surface area contributed by atoms with E-state index in [-0.39, 0.29) is 17.4 Å². The zero-order chi connectivity index (χ0) is 11.8. The Hall–Kier alpha value is -0.570. The van der Waals surface area contributed by atoms with Gasteiger partial charge in [-0.05, 0) is 37.0 Å². The van der Waals surface area contributed by atoms with Crippen LogP contribution in [-0.2, 0) is 4.79 Å². The highest BCUT2D eigenvalue weighted by molar-refractivity contribution is 5.77. The molecule has 0 radical (unpaired) electrons. The Bertz CT molecular complexity index is 271. The van der Waals surface area contributed by atoms with Gasteiger partial charge in [-0.3, -0.25) is 4.79 Å². The molecule has 3 nitrogen and oxygen atoms in total. The maximum absolute atomic E-state index is 12.1. The van der Waals surface area contributed by atoms with Crippen LogP contribution in [0.4, 0.5) is 0 Å². The Morgan fingerprint density at radius 2 is 2.19 bits per heavy atom. The molecule has 2 fully saturated rings. The minimum atomic E-state index is 0.109. The van der Waals surface area contributed by atoms with E-state index in [1.54, 1.807) is 0 Å². The van der Waals surface area contributed by atoms with E-state index >= 15 is 0 Å². The van der Waals surface area contributed by atoms with Crippen LogP contribution in [0.3, 0.4) is 0 Å². The highest BCUT2D eigenvalue weighted by Crippen LogP contribution is 2.34. The average molecular weight is 224 g/mol. The first kappa shape index (κ1) is 11.9. The molecule has 0 spiro atoms. The molecule has 2 rings (SSSR count). The van der Waals surface area contributed by atoms with E-state index in [9.17, 15) is 4.79 Å². The summed E-state index contributed by atoms with van der Waals surface area (Å²) in [6, 6.07) is 0.109. The van der Waals surface area contributed by atoms with E-state index < -0.39 is 0 Å².